The number of alkyl halides is 1. The summed E-state index contributed by atoms with van der Waals surface area (Å²) in [7, 11) is 0. The molecule has 0 saturated carbocycles. The van der Waals surface area contributed by atoms with E-state index >= 15 is 0 Å². The third kappa shape index (κ3) is 7.36. The van der Waals surface area contributed by atoms with E-state index in [1.807, 2.05) is 12.1 Å². The van der Waals surface area contributed by atoms with Gasteiger partial charge in [0.2, 0.25) is 0 Å². The van der Waals surface area contributed by atoms with Gasteiger partial charge in [-0.3, -0.25) is 0 Å². The van der Waals surface area contributed by atoms with Gasteiger partial charge in [-0.05, 0) is 0 Å². The van der Waals surface area contributed by atoms with Gasteiger partial charge in [0.05, 0.1) is 0 Å². The Balaban J connectivity index is 2.27. The number of hydrogen-bond acceptors (Lipinski definition) is 1. The van der Waals surface area contributed by atoms with Crippen molar-refractivity contribution >= 4 is 32.6 Å². The van der Waals surface area contributed by atoms with Gasteiger partial charge in [-0.1, -0.05) is 0 Å². The van der Waals surface area contributed by atoms with Crippen molar-refractivity contribution in [1.82, 2.24) is 0 Å². The van der Waals surface area contributed by atoms with Crippen LogP contribution in [-0.4, -0.2) is 18.4 Å². The Hall–Kier alpha value is -0.351. The monoisotopic (exact) mass is 538 g/mol. The fourth-order valence-electron chi connectivity index (χ4n) is 4.47. The fourth-order valence-corrected chi connectivity index (χ4v) is 24.6. The molecule has 1 heterocycles. The predicted octanol–water partition coefficient (Wildman–Crippen LogP) is 9.53. The van der Waals surface area contributed by atoms with Gasteiger partial charge in [-0.25, -0.2) is 0 Å². The van der Waals surface area contributed by atoms with Crippen LogP contribution in [0, 0.1) is 5.92 Å². The summed E-state index contributed by atoms with van der Waals surface area (Å²) in [4.78, 5) is 1.38. The van der Waals surface area contributed by atoms with Crippen LogP contribution in [0.15, 0.2) is 36.4 Å². The fraction of sp³-hybridized carbons (Fsp3) is 0.630. The SMILES string of the molecule is CCC[CH2][Sn]([CH2]CCC)([CH2]CCC)[c]1ccc(-c2ccc(C(F)CC(C)C)cc2)s1. The van der Waals surface area contributed by atoms with E-state index in [0.717, 1.165) is 5.56 Å². The van der Waals surface area contributed by atoms with E-state index in [0.29, 0.717) is 12.3 Å². The van der Waals surface area contributed by atoms with E-state index in [4.69, 9.17) is 0 Å². The molecule has 2 aromatic rings. The van der Waals surface area contributed by atoms with Crippen LogP contribution in [0.1, 0.15) is 91.3 Å². The summed E-state index contributed by atoms with van der Waals surface area (Å²) in [6, 6.07) is 13.1. The number of rotatable bonds is 14. The molecule has 0 aliphatic rings. The zero-order valence-corrected chi connectivity index (χ0v) is 23.6. The molecule has 2 rings (SSSR count). The molecular weight excluding hydrogens is 494 g/mol. The predicted molar refractivity (Wildman–Crippen MR) is 138 cm³/mol. The molecule has 1 atom stereocenters. The van der Waals surface area contributed by atoms with Gasteiger partial charge in [0.25, 0.3) is 0 Å². The minimum atomic E-state index is -2.34. The number of thiophene rings is 1. The zero-order chi connectivity index (χ0) is 22.0. The molecule has 0 radical (unpaired) electrons. The van der Waals surface area contributed by atoms with Crippen LogP contribution in [0.2, 0.25) is 13.3 Å². The van der Waals surface area contributed by atoms with E-state index in [1.165, 1.54) is 62.3 Å². The normalized spacial score (nSPS) is 13.2. The first-order chi connectivity index (χ1) is 14.5. The van der Waals surface area contributed by atoms with Gasteiger partial charge in [-0.2, -0.15) is 0 Å². The molecule has 0 spiro atoms. The van der Waals surface area contributed by atoms with Gasteiger partial charge >= 0.3 is 194 Å². The Morgan fingerprint density at radius 1 is 0.800 bits per heavy atom. The molecule has 0 fully saturated rings. The maximum absolute atomic E-state index is 14.4. The number of benzene rings is 1. The molecule has 168 valence electrons. The molecule has 3 heteroatoms. The minimum absolute atomic E-state index is 0.384. The molecule has 0 aliphatic heterocycles. The van der Waals surface area contributed by atoms with Gasteiger partial charge in [0.15, 0.2) is 0 Å². The first kappa shape index (κ1) is 25.9. The van der Waals surface area contributed by atoms with E-state index in [1.54, 1.807) is 2.89 Å². The quantitative estimate of drug-likeness (QED) is 0.211. The summed E-state index contributed by atoms with van der Waals surface area (Å²) in [5.74, 6) is 0.384. The average Bonchev–Trinajstić information content (AvgIpc) is 3.24. The summed E-state index contributed by atoms with van der Waals surface area (Å²) in [5, 5.41) is 0. The van der Waals surface area contributed by atoms with Crippen molar-refractivity contribution in [3.63, 3.8) is 0 Å². The summed E-state index contributed by atoms with van der Waals surface area (Å²) in [6.45, 7) is 11.2. The van der Waals surface area contributed by atoms with Crippen LogP contribution in [0.4, 0.5) is 4.39 Å². The Morgan fingerprint density at radius 3 is 1.80 bits per heavy atom. The van der Waals surface area contributed by atoms with E-state index < -0.39 is 24.5 Å². The summed E-state index contributed by atoms with van der Waals surface area (Å²) >= 11 is -0.275. The van der Waals surface area contributed by atoms with E-state index in [2.05, 4.69) is 70.2 Å². The molecule has 1 aromatic carbocycles. The van der Waals surface area contributed by atoms with Crippen LogP contribution in [0.25, 0.3) is 10.4 Å². The average molecular weight is 537 g/mol. The van der Waals surface area contributed by atoms with E-state index in [9.17, 15) is 4.39 Å². The Kier molecular flexibility index (Phi) is 11.4. The van der Waals surface area contributed by atoms with Crippen LogP contribution < -0.4 is 2.89 Å². The standard InChI is InChI=1S/C15H16FS.3C4H9.Sn/c1-11(2)10-14(16)12-5-7-13(8-6-12)15-4-3-9-17-15;3*1-3-4-2;/h3-8,11,14H,10H2,1-2H3;3*1,3-4H2,2H3;. The zero-order valence-electron chi connectivity index (χ0n) is 20.0. The van der Waals surface area contributed by atoms with Crippen molar-refractivity contribution in [3.8, 4) is 10.4 Å². The van der Waals surface area contributed by atoms with Gasteiger partial charge < -0.3 is 0 Å². The Morgan fingerprint density at radius 2 is 1.33 bits per heavy atom. The molecule has 0 saturated heterocycles. The Labute approximate surface area is 193 Å². The number of unbranched alkanes of at least 4 members (excludes halogenated alkanes) is 3. The van der Waals surface area contributed by atoms with Gasteiger partial charge in [0.1, 0.15) is 0 Å². The number of hydrogen-bond donors (Lipinski definition) is 0. The van der Waals surface area contributed by atoms with Gasteiger partial charge in [0, 0.05) is 0 Å². The topological polar surface area (TPSA) is 0 Å². The maximum atomic E-state index is 14.4. The van der Waals surface area contributed by atoms with Crippen molar-refractivity contribution in [2.24, 2.45) is 5.92 Å². The van der Waals surface area contributed by atoms with Crippen molar-refractivity contribution < 1.29 is 4.39 Å². The molecule has 0 bridgehead atoms. The van der Waals surface area contributed by atoms with Crippen molar-refractivity contribution in [1.29, 1.82) is 0 Å². The third-order valence-corrected chi connectivity index (χ3v) is 25.8. The second kappa shape index (κ2) is 13.3. The molecule has 0 aliphatic carbocycles. The van der Waals surface area contributed by atoms with Crippen molar-refractivity contribution in [2.75, 3.05) is 0 Å². The second-order valence-corrected chi connectivity index (χ2v) is 24.7. The number of halogens is 1. The summed E-state index contributed by atoms with van der Waals surface area (Å²) in [6.07, 6.45) is 7.91. The molecular formula is C27H43FSSn. The summed E-state index contributed by atoms with van der Waals surface area (Å²) < 4.78 is 20.8. The van der Waals surface area contributed by atoms with Crippen LogP contribution in [0.5, 0.6) is 0 Å². The molecule has 30 heavy (non-hydrogen) atoms. The van der Waals surface area contributed by atoms with Crippen molar-refractivity contribution in [3.05, 3.63) is 42.0 Å². The summed E-state index contributed by atoms with van der Waals surface area (Å²) in [5.41, 5.74) is 2.08. The van der Waals surface area contributed by atoms with Crippen molar-refractivity contribution in [2.45, 2.75) is 99.0 Å². The molecule has 1 aromatic heterocycles. The first-order valence-electron chi connectivity index (χ1n) is 12.3. The van der Waals surface area contributed by atoms with Crippen LogP contribution in [-0.2, 0) is 0 Å². The molecule has 1 unspecified atom stereocenters. The Bertz CT molecular complexity index is 697. The first-order valence-corrected chi connectivity index (χ1v) is 20.6. The van der Waals surface area contributed by atoms with Crippen LogP contribution in [0.3, 0.4) is 0 Å². The molecule has 0 N–H and O–H groups in total. The van der Waals surface area contributed by atoms with Crippen LogP contribution >= 0.6 is 11.3 Å². The molecule has 0 amide bonds. The van der Waals surface area contributed by atoms with Gasteiger partial charge in [-0.15, -0.1) is 0 Å². The van der Waals surface area contributed by atoms with E-state index in [-0.39, 0.29) is 0 Å². The molecule has 0 nitrogen and oxygen atoms in total. The third-order valence-electron chi connectivity index (χ3n) is 6.39. The second-order valence-electron chi connectivity index (χ2n) is 9.47.